The van der Waals surface area contributed by atoms with Gasteiger partial charge in [-0.15, -0.1) is 0 Å². The van der Waals surface area contributed by atoms with E-state index in [4.69, 9.17) is 0 Å². The van der Waals surface area contributed by atoms with Gasteiger partial charge in [-0.1, -0.05) is 13.3 Å². The van der Waals surface area contributed by atoms with E-state index in [2.05, 4.69) is 28.7 Å². The van der Waals surface area contributed by atoms with Crippen molar-refractivity contribution in [2.75, 3.05) is 18.4 Å². The SMILES string of the molecule is CCCC1(CNc2cc(C)nn2C)CCCN1. The predicted octanol–water partition coefficient (Wildman–Crippen LogP) is 2.06. The van der Waals surface area contributed by atoms with E-state index in [1.807, 2.05) is 18.7 Å². The zero-order valence-corrected chi connectivity index (χ0v) is 11.2. The van der Waals surface area contributed by atoms with Crippen LogP contribution in [0.1, 0.15) is 38.3 Å². The smallest absolute Gasteiger partial charge is 0.124 e. The molecule has 4 nitrogen and oxygen atoms in total. The summed E-state index contributed by atoms with van der Waals surface area (Å²) in [4.78, 5) is 0. The van der Waals surface area contributed by atoms with Gasteiger partial charge in [0, 0.05) is 25.2 Å². The van der Waals surface area contributed by atoms with E-state index in [0.29, 0.717) is 5.54 Å². The number of aromatic nitrogens is 2. The highest BCUT2D eigenvalue weighted by atomic mass is 15.3. The Balaban J connectivity index is 1.98. The summed E-state index contributed by atoms with van der Waals surface area (Å²) in [5.74, 6) is 1.12. The molecule has 2 rings (SSSR count). The van der Waals surface area contributed by atoms with Gasteiger partial charge in [-0.05, 0) is 32.7 Å². The Morgan fingerprint density at radius 2 is 2.41 bits per heavy atom. The summed E-state index contributed by atoms with van der Waals surface area (Å²) in [6, 6.07) is 2.11. The fraction of sp³-hybridized carbons (Fsp3) is 0.769. The Morgan fingerprint density at radius 1 is 1.59 bits per heavy atom. The average Bonchev–Trinajstić information content (AvgIpc) is 2.84. The lowest BCUT2D eigenvalue weighted by atomic mass is 9.92. The summed E-state index contributed by atoms with van der Waals surface area (Å²) in [6.07, 6.45) is 5.06. The molecule has 0 aliphatic carbocycles. The molecular weight excluding hydrogens is 212 g/mol. The number of rotatable bonds is 5. The zero-order valence-electron chi connectivity index (χ0n) is 11.2. The third-order valence-electron chi connectivity index (χ3n) is 3.67. The van der Waals surface area contributed by atoms with Crippen LogP contribution in [0.5, 0.6) is 0 Å². The van der Waals surface area contributed by atoms with Crippen molar-refractivity contribution in [3.05, 3.63) is 11.8 Å². The maximum absolute atomic E-state index is 4.36. The van der Waals surface area contributed by atoms with Gasteiger partial charge < -0.3 is 10.6 Å². The first-order valence-electron chi connectivity index (χ1n) is 6.65. The highest BCUT2D eigenvalue weighted by Crippen LogP contribution is 2.25. The van der Waals surface area contributed by atoms with E-state index < -0.39 is 0 Å². The minimum absolute atomic E-state index is 0.299. The van der Waals surface area contributed by atoms with Gasteiger partial charge in [-0.3, -0.25) is 4.68 Å². The normalized spacial score (nSPS) is 24.2. The fourth-order valence-corrected chi connectivity index (χ4v) is 2.84. The zero-order chi connectivity index (χ0) is 12.3. The van der Waals surface area contributed by atoms with Crippen molar-refractivity contribution in [3.63, 3.8) is 0 Å². The third kappa shape index (κ3) is 2.80. The molecule has 0 spiro atoms. The topological polar surface area (TPSA) is 41.9 Å². The number of aryl methyl sites for hydroxylation is 2. The molecule has 0 bridgehead atoms. The van der Waals surface area contributed by atoms with Crippen LogP contribution in [-0.2, 0) is 7.05 Å². The first kappa shape index (κ1) is 12.4. The summed E-state index contributed by atoms with van der Waals surface area (Å²) < 4.78 is 1.92. The van der Waals surface area contributed by atoms with Crippen LogP contribution in [0.4, 0.5) is 5.82 Å². The lowest BCUT2D eigenvalue weighted by Crippen LogP contribution is -2.46. The van der Waals surface area contributed by atoms with Crippen molar-refractivity contribution in [1.82, 2.24) is 15.1 Å². The molecule has 1 atom stereocenters. The predicted molar refractivity (Wildman–Crippen MR) is 71.3 cm³/mol. The van der Waals surface area contributed by atoms with Gasteiger partial charge in [-0.25, -0.2) is 0 Å². The van der Waals surface area contributed by atoms with Crippen molar-refractivity contribution in [2.24, 2.45) is 7.05 Å². The molecule has 1 unspecified atom stereocenters. The van der Waals surface area contributed by atoms with Gasteiger partial charge in [0.25, 0.3) is 0 Å². The van der Waals surface area contributed by atoms with E-state index in [-0.39, 0.29) is 0 Å². The van der Waals surface area contributed by atoms with E-state index in [9.17, 15) is 0 Å². The Bertz CT molecular complexity index is 363. The van der Waals surface area contributed by atoms with Crippen LogP contribution in [0, 0.1) is 6.92 Å². The van der Waals surface area contributed by atoms with Gasteiger partial charge in [-0.2, -0.15) is 5.10 Å². The lowest BCUT2D eigenvalue weighted by molar-refractivity contribution is 0.363. The Kier molecular flexibility index (Phi) is 3.72. The summed E-state index contributed by atoms with van der Waals surface area (Å²) in [7, 11) is 1.99. The Labute approximate surface area is 104 Å². The molecular formula is C13H24N4. The lowest BCUT2D eigenvalue weighted by Gasteiger charge is -2.30. The van der Waals surface area contributed by atoms with Gasteiger partial charge in [0.05, 0.1) is 5.69 Å². The van der Waals surface area contributed by atoms with E-state index in [1.165, 1.54) is 25.7 Å². The standard InChI is InChI=1S/C13H24N4/c1-4-6-13(7-5-8-15-13)10-14-12-9-11(2)16-17(12)3/h9,14-15H,4-8,10H2,1-3H3. The second-order valence-corrected chi connectivity index (χ2v) is 5.21. The minimum Gasteiger partial charge on any atom is -0.368 e. The monoisotopic (exact) mass is 236 g/mol. The van der Waals surface area contributed by atoms with Crippen LogP contribution < -0.4 is 10.6 Å². The molecule has 0 radical (unpaired) electrons. The van der Waals surface area contributed by atoms with Crippen LogP contribution in [0.25, 0.3) is 0 Å². The highest BCUT2D eigenvalue weighted by Gasteiger charge is 2.32. The fourth-order valence-electron chi connectivity index (χ4n) is 2.84. The molecule has 2 N–H and O–H groups in total. The second kappa shape index (κ2) is 5.08. The van der Waals surface area contributed by atoms with Crippen LogP contribution in [-0.4, -0.2) is 28.4 Å². The number of nitrogens with one attached hydrogen (secondary N) is 2. The average molecular weight is 236 g/mol. The highest BCUT2D eigenvalue weighted by molar-refractivity contribution is 5.37. The molecule has 1 aromatic rings. The molecule has 0 amide bonds. The molecule has 1 aromatic heterocycles. The van der Waals surface area contributed by atoms with Crippen molar-refractivity contribution in [2.45, 2.75) is 45.1 Å². The van der Waals surface area contributed by atoms with Crippen molar-refractivity contribution in [3.8, 4) is 0 Å². The molecule has 2 heterocycles. The van der Waals surface area contributed by atoms with E-state index in [1.54, 1.807) is 0 Å². The van der Waals surface area contributed by atoms with E-state index in [0.717, 1.165) is 24.6 Å². The molecule has 1 aliphatic rings. The van der Waals surface area contributed by atoms with Crippen molar-refractivity contribution in [1.29, 1.82) is 0 Å². The Morgan fingerprint density at radius 3 is 2.94 bits per heavy atom. The third-order valence-corrected chi connectivity index (χ3v) is 3.67. The van der Waals surface area contributed by atoms with E-state index >= 15 is 0 Å². The quantitative estimate of drug-likeness (QED) is 0.822. The summed E-state index contributed by atoms with van der Waals surface area (Å²) in [5.41, 5.74) is 1.37. The maximum Gasteiger partial charge on any atom is 0.124 e. The number of nitrogens with zero attached hydrogens (tertiary/aromatic N) is 2. The maximum atomic E-state index is 4.36. The summed E-state index contributed by atoms with van der Waals surface area (Å²) >= 11 is 0. The molecule has 1 saturated heterocycles. The minimum atomic E-state index is 0.299. The molecule has 1 fully saturated rings. The van der Waals surface area contributed by atoms with Crippen molar-refractivity contribution >= 4 is 5.82 Å². The van der Waals surface area contributed by atoms with Gasteiger partial charge in [0.15, 0.2) is 0 Å². The molecule has 96 valence electrons. The van der Waals surface area contributed by atoms with Crippen molar-refractivity contribution < 1.29 is 0 Å². The van der Waals surface area contributed by atoms with Crippen LogP contribution in [0.3, 0.4) is 0 Å². The van der Waals surface area contributed by atoms with Crippen LogP contribution >= 0.6 is 0 Å². The first-order valence-corrected chi connectivity index (χ1v) is 6.65. The molecule has 4 heteroatoms. The van der Waals surface area contributed by atoms with Crippen LogP contribution in [0.2, 0.25) is 0 Å². The van der Waals surface area contributed by atoms with Gasteiger partial charge in [0.1, 0.15) is 5.82 Å². The summed E-state index contributed by atoms with van der Waals surface area (Å²) in [5, 5.41) is 11.6. The largest absolute Gasteiger partial charge is 0.368 e. The molecule has 17 heavy (non-hydrogen) atoms. The molecule has 0 aromatic carbocycles. The first-order chi connectivity index (χ1) is 8.15. The second-order valence-electron chi connectivity index (χ2n) is 5.21. The Hall–Kier alpha value is -1.03. The van der Waals surface area contributed by atoms with Crippen LogP contribution in [0.15, 0.2) is 6.07 Å². The number of anilines is 1. The van der Waals surface area contributed by atoms with Gasteiger partial charge in [0.2, 0.25) is 0 Å². The molecule has 0 saturated carbocycles. The summed E-state index contributed by atoms with van der Waals surface area (Å²) in [6.45, 7) is 6.45. The number of hydrogen-bond acceptors (Lipinski definition) is 3. The number of hydrogen-bond donors (Lipinski definition) is 2. The molecule has 1 aliphatic heterocycles. The van der Waals surface area contributed by atoms with Gasteiger partial charge >= 0.3 is 0 Å².